The van der Waals surface area contributed by atoms with Crippen molar-refractivity contribution in [1.82, 2.24) is 14.8 Å². The summed E-state index contributed by atoms with van der Waals surface area (Å²) in [7, 11) is 0. The summed E-state index contributed by atoms with van der Waals surface area (Å²) >= 11 is 3.56. The number of anilines is 1. The molecule has 0 bridgehead atoms. The van der Waals surface area contributed by atoms with Gasteiger partial charge in [0.1, 0.15) is 0 Å². The SMILES string of the molecule is Cc1nc(NC(=O)N(C2CCCCC2)C2CCCCC2)sc1SCCN1CCCCC1. The van der Waals surface area contributed by atoms with Crippen LogP contribution in [0.15, 0.2) is 4.21 Å². The van der Waals surface area contributed by atoms with Crippen molar-refractivity contribution in [1.29, 1.82) is 0 Å². The van der Waals surface area contributed by atoms with Crippen LogP contribution in [0.5, 0.6) is 0 Å². The Bertz CT molecular complexity index is 674. The summed E-state index contributed by atoms with van der Waals surface area (Å²) in [6.07, 6.45) is 16.4. The lowest BCUT2D eigenvalue weighted by molar-refractivity contribution is 0.114. The minimum Gasteiger partial charge on any atom is -0.319 e. The van der Waals surface area contributed by atoms with E-state index in [4.69, 9.17) is 4.98 Å². The van der Waals surface area contributed by atoms with Crippen molar-refractivity contribution in [2.24, 2.45) is 0 Å². The Morgan fingerprint density at radius 2 is 1.58 bits per heavy atom. The molecule has 1 aromatic rings. The number of piperidine rings is 1. The number of aryl methyl sites for hydroxylation is 1. The minimum absolute atomic E-state index is 0.0948. The van der Waals surface area contributed by atoms with Crippen LogP contribution >= 0.6 is 23.1 Å². The maximum atomic E-state index is 13.4. The van der Waals surface area contributed by atoms with Gasteiger partial charge in [0.15, 0.2) is 5.13 Å². The molecule has 2 heterocycles. The van der Waals surface area contributed by atoms with Crippen LogP contribution in [-0.2, 0) is 0 Å². The molecule has 174 valence electrons. The highest BCUT2D eigenvalue weighted by atomic mass is 32.2. The lowest BCUT2D eigenvalue weighted by Crippen LogP contribution is -2.50. The zero-order valence-corrected chi connectivity index (χ0v) is 20.9. The van der Waals surface area contributed by atoms with Gasteiger partial charge in [-0.2, -0.15) is 0 Å². The second-order valence-corrected chi connectivity index (χ2v) is 11.9. The van der Waals surface area contributed by atoms with E-state index < -0.39 is 0 Å². The second kappa shape index (κ2) is 11.9. The third-order valence-corrected chi connectivity index (χ3v) is 9.64. The van der Waals surface area contributed by atoms with E-state index in [-0.39, 0.29) is 6.03 Å². The number of hydrogen-bond acceptors (Lipinski definition) is 5. The molecule has 2 amide bonds. The normalized spacial score (nSPS) is 21.8. The Labute approximate surface area is 196 Å². The molecule has 1 saturated heterocycles. The number of thioether (sulfide) groups is 1. The predicted octanol–water partition coefficient (Wildman–Crippen LogP) is 6.53. The first-order valence-corrected chi connectivity index (χ1v) is 14.4. The molecule has 1 aliphatic heterocycles. The van der Waals surface area contributed by atoms with Crippen molar-refractivity contribution in [3.8, 4) is 0 Å². The van der Waals surface area contributed by atoms with Gasteiger partial charge < -0.3 is 9.80 Å². The van der Waals surface area contributed by atoms with E-state index in [0.29, 0.717) is 12.1 Å². The van der Waals surface area contributed by atoms with Crippen LogP contribution in [0.25, 0.3) is 0 Å². The average Bonchev–Trinajstić information content (AvgIpc) is 3.15. The molecule has 2 saturated carbocycles. The van der Waals surface area contributed by atoms with Gasteiger partial charge in [0, 0.05) is 24.4 Å². The molecule has 4 rings (SSSR count). The Morgan fingerprint density at radius 1 is 1.00 bits per heavy atom. The number of rotatable bonds is 7. The lowest BCUT2D eigenvalue weighted by Gasteiger charge is -2.41. The summed E-state index contributed by atoms with van der Waals surface area (Å²) < 4.78 is 1.26. The van der Waals surface area contributed by atoms with Crippen molar-refractivity contribution in [2.75, 3.05) is 30.7 Å². The van der Waals surface area contributed by atoms with Crippen LogP contribution in [0.3, 0.4) is 0 Å². The first-order valence-electron chi connectivity index (χ1n) is 12.6. The number of amides is 2. The molecule has 1 aromatic heterocycles. The zero-order valence-electron chi connectivity index (χ0n) is 19.2. The average molecular weight is 465 g/mol. The van der Waals surface area contributed by atoms with Crippen molar-refractivity contribution in [3.05, 3.63) is 5.69 Å². The minimum atomic E-state index is 0.0948. The number of urea groups is 1. The molecule has 0 spiro atoms. The summed E-state index contributed by atoms with van der Waals surface area (Å²) in [6.45, 7) is 5.74. The second-order valence-electron chi connectivity index (χ2n) is 9.56. The molecule has 0 unspecified atom stereocenters. The molecule has 31 heavy (non-hydrogen) atoms. The molecule has 0 radical (unpaired) electrons. The Kier molecular flexibility index (Phi) is 8.97. The van der Waals surface area contributed by atoms with Gasteiger partial charge in [-0.15, -0.1) is 11.8 Å². The highest BCUT2D eigenvalue weighted by Gasteiger charge is 2.33. The quantitative estimate of drug-likeness (QED) is 0.466. The highest BCUT2D eigenvalue weighted by Crippen LogP contribution is 2.34. The molecule has 0 aromatic carbocycles. The third-order valence-electron chi connectivity index (χ3n) is 7.23. The summed E-state index contributed by atoms with van der Waals surface area (Å²) in [6, 6.07) is 0.921. The number of carbonyl (C=O) groups excluding carboxylic acids is 1. The van der Waals surface area contributed by atoms with Crippen LogP contribution < -0.4 is 5.32 Å². The van der Waals surface area contributed by atoms with Gasteiger partial charge in [-0.1, -0.05) is 56.3 Å². The van der Waals surface area contributed by atoms with Crippen molar-refractivity contribution >= 4 is 34.3 Å². The van der Waals surface area contributed by atoms with Gasteiger partial charge >= 0.3 is 6.03 Å². The van der Waals surface area contributed by atoms with E-state index in [0.717, 1.165) is 23.1 Å². The molecule has 5 nitrogen and oxygen atoms in total. The van der Waals surface area contributed by atoms with E-state index in [2.05, 4.69) is 22.0 Å². The molecule has 0 atom stereocenters. The maximum Gasteiger partial charge on any atom is 0.324 e. The fraction of sp³-hybridized carbons (Fsp3) is 0.833. The Hall–Kier alpha value is -0.790. The van der Waals surface area contributed by atoms with Crippen LogP contribution in [0, 0.1) is 6.92 Å². The largest absolute Gasteiger partial charge is 0.324 e. The van der Waals surface area contributed by atoms with Gasteiger partial charge in [-0.25, -0.2) is 9.78 Å². The highest BCUT2D eigenvalue weighted by molar-refractivity contribution is 8.01. The number of nitrogens with zero attached hydrogens (tertiary/aromatic N) is 3. The van der Waals surface area contributed by atoms with E-state index in [1.807, 2.05) is 11.8 Å². The number of likely N-dealkylation sites (tertiary alicyclic amines) is 1. The van der Waals surface area contributed by atoms with Gasteiger partial charge in [-0.05, 0) is 58.5 Å². The smallest absolute Gasteiger partial charge is 0.319 e. The number of aromatic nitrogens is 1. The van der Waals surface area contributed by atoms with Crippen LogP contribution in [0.4, 0.5) is 9.93 Å². The number of thiazole rings is 1. The molecule has 2 aliphatic carbocycles. The predicted molar refractivity (Wildman–Crippen MR) is 132 cm³/mol. The van der Waals surface area contributed by atoms with E-state index in [1.54, 1.807) is 11.3 Å². The standard InChI is InChI=1S/C24H40N4OS2/c1-19-22(30-18-17-27-15-9-4-10-16-27)31-23(25-19)26-24(29)28(20-11-5-2-6-12-20)21-13-7-3-8-14-21/h20-21H,2-18H2,1H3,(H,25,26,29). The first kappa shape index (κ1) is 23.4. The summed E-state index contributed by atoms with van der Waals surface area (Å²) in [5.74, 6) is 1.10. The molecular weight excluding hydrogens is 424 g/mol. The van der Waals surface area contributed by atoms with Gasteiger partial charge in [0.25, 0.3) is 0 Å². The molecule has 1 N–H and O–H groups in total. The van der Waals surface area contributed by atoms with E-state index in [9.17, 15) is 4.79 Å². The summed E-state index contributed by atoms with van der Waals surface area (Å²) in [5.41, 5.74) is 1.06. The van der Waals surface area contributed by atoms with Gasteiger partial charge in [0.05, 0.1) is 9.90 Å². The Balaban J connectivity index is 1.34. The van der Waals surface area contributed by atoms with Crippen molar-refractivity contribution in [2.45, 2.75) is 107 Å². The van der Waals surface area contributed by atoms with Crippen molar-refractivity contribution in [3.63, 3.8) is 0 Å². The summed E-state index contributed by atoms with van der Waals surface area (Å²) in [4.78, 5) is 23.0. The molecule has 3 fully saturated rings. The fourth-order valence-electron chi connectivity index (χ4n) is 5.52. The topological polar surface area (TPSA) is 48.5 Å². The first-order chi connectivity index (χ1) is 15.2. The maximum absolute atomic E-state index is 13.4. The third kappa shape index (κ3) is 6.61. The van der Waals surface area contributed by atoms with Gasteiger partial charge in [-0.3, -0.25) is 5.32 Å². The monoisotopic (exact) mass is 464 g/mol. The molecule has 3 aliphatic rings. The van der Waals surface area contributed by atoms with Crippen LogP contribution in [0.2, 0.25) is 0 Å². The summed E-state index contributed by atoms with van der Waals surface area (Å²) in [5, 5.41) is 3.99. The number of hydrogen-bond donors (Lipinski definition) is 1. The zero-order chi connectivity index (χ0) is 21.5. The lowest BCUT2D eigenvalue weighted by atomic mass is 9.89. The van der Waals surface area contributed by atoms with Gasteiger partial charge in [0.2, 0.25) is 0 Å². The Morgan fingerprint density at radius 3 is 2.19 bits per heavy atom. The van der Waals surface area contributed by atoms with E-state index in [1.165, 1.54) is 101 Å². The van der Waals surface area contributed by atoms with Crippen LogP contribution in [-0.4, -0.2) is 58.3 Å². The van der Waals surface area contributed by atoms with E-state index >= 15 is 0 Å². The number of nitrogens with one attached hydrogen (secondary N) is 1. The number of carbonyl (C=O) groups is 1. The van der Waals surface area contributed by atoms with Crippen molar-refractivity contribution < 1.29 is 4.79 Å². The molecular formula is C24H40N4OS2. The van der Waals surface area contributed by atoms with Crippen LogP contribution in [0.1, 0.15) is 89.2 Å². The molecule has 7 heteroatoms. The fourth-order valence-corrected chi connectivity index (χ4v) is 7.73.